The summed E-state index contributed by atoms with van der Waals surface area (Å²) in [4.78, 5) is 50.9. The summed E-state index contributed by atoms with van der Waals surface area (Å²) < 4.78 is 28.2. The Morgan fingerprint density at radius 2 is 0.930 bits per heavy atom. The zero-order valence-electron chi connectivity index (χ0n) is 44.4. The van der Waals surface area contributed by atoms with Gasteiger partial charge in [-0.2, -0.15) is 0 Å². The lowest BCUT2D eigenvalue weighted by molar-refractivity contribution is -0.301. The molecule has 1 aliphatic rings. The molecule has 3 N–H and O–H groups in total. The van der Waals surface area contributed by atoms with Crippen molar-refractivity contribution < 1.29 is 58.2 Å². The van der Waals surface area contributed by atoms with Crippen molar-refractivity contribution in [3.05, 3.63) is 72.9 Å². The molecule has 6 atom stereocenters. The molecular formula is C59H98O12. The van der Waals surface area contributed by atoms with Crippen LogP contribution in [0.25, 0.3) is 0 Å². The maximum Gasteiger partial charge on any atom is 0.335 e. The molecule has 0 aromatic rings. The molecule has 0 radical (unpaired) electrons. The number of unbranched alkanes of at least 4 members (excludes halogenated alkanes) is 20. The number of allylic oxidation sites excluding steroid dienone is 12. The number of carbonyl (C=O) groups excluding carboxylic acids is 3. The van der Waals surface area contributed by atoms with Crippen LogP contribution in [0.3, 0.4) is 0 Å². The van der Waals surface area contributed by atoms with Crippen LogP contribution in [0.4, 0.5) is 0 Å². The van der Waals surface area contributed by atoms with Gasteiger partial charge in [-0.25, -0.2) is 4.79 Å². The third-order valence-corrected chi connectivity index (χ3v) is 12.3. The van der Waals surface area contributed by atoms with Gasteiger partial charge in [0.15, 0.2) is 24.6 Å². The Morgan fingerprint density at radius 1 is 0.479 bits per heavy atom. The molecule has 1 rings (SSSR count). The fourth-order valence-electron chi connectivity index (χ4n) is 7.94. The Balaban J connectivity index is 2.73. The zero-order valence-corrected chi connectivity index (χ0v) is 44.4. The molecule has 0 saturated carbocycles. The van der Waals surface area contributed by atoms with Gasteiger partial charge in [-0.15, -0.1) is 0 Å². The van der Waals surface area contributed by atoms with Crippen molar-refractivity contribution in [1.29, 1.82) is 0 Å². The first-order chi connectivity index (χ1) is 34.6. The molecular weight excluding hydrogens is 901 g/mol. The zero-order chi connectivity index (χ0) is 51.8. The molecule has 12 nitrogen and oxygen atoms in total. The summed E-state index contributed by atoms with van der Waals surface area (Å²) in [6.45, 7) is 5.74. The molecule has 0 bridgehead atoms. The third-order valence-electron chi connectivity index (χ3n) is 12.3. The van der Waals surface area contributed by atoms with Crippen molar-refractivity contribution in [3.63, 3.8) is 0 Å². The van der Waals surface area contributed by atoms with Gasteiger partial charge in [0.05, 0.1) is 6.61 Å². The van der Waals surface area contributed by atoms with Crippen LogP contribution < -0.4 is 0 Å². The molecule has 1 aliphatic heterocycles. The van der Waals surface area contributed by atoms with Gasteiger partial charge < -0.3 is 39.0 Å². The summed E-state index contributed by atoms with van der Waals surface area (Å²) >= 11 is 0. The monoisotopic (exact) mass is 999 g/mol. The van der Waals surface area contributed by atoms with Crippen molar-refractivity contribution in [2.45, 2.75) is 263 Å². The molecule has 1 heterocycles. The van der Waals surface area contributed by atoms with E-state index in [1.54, 1.807) is 0 Å². The number of carboxylic acid groups (broad SMARTS) is 1. The SMILES string of the molecule is CC/C=C\C/C=C\C/C=C\C/C=C\CCC(=O)OCC(COC1OC(C(=O)O)C(O)C(O)C1OC(=O)CCCCCCCCC/C=C\CCCCCCCC)OC(=O)CCCCCCC/C=C\CCCC. The van der Waals surface area contributed by atoms with Gasteiger partial charge >= 0.3 is 23.9 Å². The molecule has 0 spiro atoms. The molecule has 6 unspecified atom stereocenters. The number of carbonyl (C=O) groups is 4. The third kappa shape index (κ3) is 37.6. The standard InChI is InChI=1S/C59H98O12/c1-4-7-10-13-16-19-22-24-25-26-27-29-32-35-38-41-44-47-53(62)70-57-55(64)54(63)56(58(65)66)71-59(57)68-49-50(69-52(61)46-43-40-37-34-30-21-18-15-12-9-6-3)48-67-51(60)45-42-39-36-33-31-28-23-20-17-14-11-8-5-2/h8,11,15,17-18,20,24-25,28,31,36,39,50,54-57,59,63-64H,4-7,9-10,12-14,16,19,21-23,26-27,29-30,32-35,37-38,40-49H2,1-3H3,(H,65,66)/b11-8-,18-15-,20-17-,25-24-,31-28-,39-36-. The number of hydrogen-bond acceptors (Lipinski definition) is 11. The minimum atomic E-state index is -1.91. The highest BCUT2D eigenvalue weighted by Gasteiger charge is 2.50. The fraction of sp³-hybridized carbons (Fsp3) is 0.729. The predicted octanol–water partition coefficient (Wildman–Crippen LogP) is 13.8. The van der Waals surface area contributed by atoms with Crippen molar-refractivity contribution in [1.82, 2.24) is 0 Å². The fourth-order valence-corrected chi connectivity index (χ4v) is 7.94. The van der Waals surface area contributed by atoms with E-state index < -0.39 is 67.3 Å². The van der Waals surface area contributed by atoms with E-state index in [-0.39, 0.29) is 25.9 Å². The number of aliphatic hydroxyl groups excluding tert-OH is 2. The van der Waals surface area contributed by atoms with Crippen molar-refractivity contribution in [3.8, 4) is 0 Å². The molecule has 1 fully saturated rings. The van der Waals surface area contributed by atoms with Gasteiger partial charge in [0.2, 0.25) is 0 Å². The van der Waals surface area contributed by atoms with Gasteiger partial charge in [0.25, 0.3) is 0 Å². The van der Waals surface area contributed by atoms with Crippen LogP contribution in [-0.2, 0) is 42.9 Å². The van der Waals surface area contributed by atoms with E-state index in [0.29, 0.717) is 19.3 Å². The van der Waals surface area contributed by atoms with Crippen LogP contribution in [-0.4, -0.2) is 89.2 Å². The van der Waals surface area contributed by atoms with Gasteiger partial charge in [-0.1, -0.05) is 190 Å². The molecule has 406 valence electrons. The van der Waals surface area contributed by atoms with Crippen LogP contribution in [0.1, 0.15) is 226 Å². The van der Waals surface area contributed by atoms with Crippen LogP contribution in [0.2, 0.25) is 0 Å². The lowest BCUT2D eigenvalue weighted by Crippen LogP contribution is -2.61. The number of hydrogen-bond donors (Lipinski definition) is 3. The molecule has 12 heteroatoms. The number of carboxylic acids is 1. The summed E-state index contributed by atoms with van der Waals surface area (Å²) in [7, 11) is 0. The van der Waals surface area contributed by atoms with Gasteiger partial charge in [0, 0.05) is 19.3 Å². The Kier molecular flexibility index (Phi) is 43.3. The number of rotatable bonds is 46. The topological polar surface area (TPSA) is 175 Å². The van der Waals surface area contributed by atoms with Crippen LogP contribution in [0.15, 0.2) is 72.9 Å². The number of ether oxygens (including phenoxy) is 5. The first kappa shape index (κ1) is 65.2. The average Bonchev–Trinajstić information content (AvgIpc) is 3.35. The lowest BCUT2D eigenvalue weighted by atomic mass is 9.98. The van der Waals surface area contributed by atoms with Crippen molar-refractivity contribution >= 4 is 23.9 Å². The van der Waals surface area contributed by atoms with E-state index >= 15 is 0 Å². The molecule has 0 amide bonds. The van der Waals surface area contributed by atoms with Gasteiger partial charge in [-0.05, 0) is 89.9 Å². The second-order valence-electron chi connectivity index (χ2n) is 18.8. The highest BCUT2D eigenvalue weighted by Crippen LogP contribution is 2.26. The quantitative estimate of drug-likeness (QED) is 0.0228. The Bertz CT molecular complexity index is 1510. The largest absolute Gasteiger partial charge is 0.479 e. The highest BCUT2D eigenvalue weighted by molar-refractivity contribution is 5.74. The van der Waals surface area contributed by atoms with Crippen LogP contribution in [0, 0.1) is 0 Å². The van der Waals surface area contributed by atoms with Crippen molar-refractivity contribution in [2.75, 3.05) is 13.2 Å². The maximum atomic E-state index is 13.1. The maximum absolute atomic E-state index is 13.1. The number of aliphatic carboxylic acids is 1. The smallest absolute Gasteiger partial charge is 0.335 e. The van der Waals surface area contributed by atoms with E-state index in [1.807, 2.05) is 12.2 Å². The van der Waals surface area contributed by atoms with Gasteiger partial charge in [-0.3, -0.25) is 14.4 Å². The minimum absolute atomic E-state index is 0.0466. The van der Waals surface area contributed by atoms with Crippen LogP contribution >= 0.6 is 0 Å². The Hall–Kier alpha value is -3.84. The van der Waals surface area contributed by atoms with Gasteiger partial charge in [0.1, 0.15) is 18.8 Å². The van der Waals surface area contributed by atoms with E-state index in [4.69, 9.17) is 23.7 Å². The second-order valence-corrected chi connectivity index (χ2v) is 18.8. The summed E-state index contributed by atoms with van der Waals surface area (Å²) in [6.07, 6.45) is 46.2. The Morgan fingerprint density at radius 3 is 1.45 bits per heavy atom. The second kappa shape index (κ2) is 47.2. The molecule has 0 aliphatic carbocycles. The van der Waals surface area contributed by atoms with E-state index in [9.17, 15) is 34.5 Å². The van der Waals surface area contributed by atoms with Crippen molar-refractivity contribution in [2.24, 2.45) is 0 Å². The number of aliphatic hydroxyl groups is 2. The first-order valence-corrected chi connectivity index (χ1v) is 27.9. The van der Waals surface area contributed by atoms with E-state index in [1.165, 1.54) is 64.2 Å². The minimum Gasteiger partial charge on any atom is -0.479 e. The molecule has 71 heavy (non-hydrogen) atoms. The number of esters is 3. The normalized spacial score (nSPS) is 19.0. The summed E-state index contributed by atoms with van der Waals surface area (Å²) in [5, 5.41) is 31.4. The predicted molar refractivity (Wildman–Crippen MR) is 285 cm³/mol. The highest BCUT2D eigenvalue weighted by atomic mass is 16.7. The molecule has 0 aromatic carbocycles. The van der Waals surface area contributed by atoms with E-state index in [2.05, 4.69) is 81.5 Å². The Labute approximate surface area is 429 Å². The summed E-state index contributed by atoms with van der Waals surface area (Å²) in [5.41, 5.74) is 0. The molecule has 1 saturated heterocycles. The summed E-state index contributed by atoms with van der Waals surface area (Å²) in [6, 6.07) is 0. The lowest BCUT2D eigenvalue weighted by Gasteiger charge is -2.40. The van der Waals surface area contributed by atoms with E-state index in [0.717, 1.165) is 103 Å². The average molecular weight is 999 g/mol. The first-order valence-electron chi connectivity index (χ1n) is 27.9. The summed E-state index contributed by atoms with van der Waals surface area (Å²) in [5.74, 6) is -3.25. The molecule has 0 aromatic heterocycles. The van der Waals surface area contributed by atoms with Crippen LogP contribution in [0.5, 0.6) is 0 Å².